The molecule has 126 valence electrons. The molecule has 1 unspecified atom stereocenters. The summed E-state index contributed by atoms with van der Waals surface area (Å²) in [4.78, 5) is 9.56. The predicted molar refractivity (Wildman–Crippen MR) is 90.9 cm³/mol. The first-order chi connectivity index (χ1) is 11.0. The lowest BCUT2D eigenvalue weighted by molar-refractivity contribution is 0.152. The van der Waals surface area contributed by atoms with E-state index in [1.54, 1.807) is 0 Å². The van der Waals surface area contributed by atoms with Crippen molar-refractivity contribution in [2.45, 2.75) is 52.5 Å². The molecule has 0 saturated heterocycles. The zero-order valence-corrected chi connectivity index (χ0v) is 14.9. The van der Waals surface area contributed by atoms with Gasteiger partial charge in [0.05, 0.1) is 17.9 Å². The average Bonchev–Trinajstić information content (AvgIpc) is 3.09. The van der Waals surface area contributed by atoms with Crippen LogP contribution in [0.3, 0.4) is 0 Å². The maximum absolute atomic E-state index is 4.72. The summed E-state index contributed by atoms with van der Waals surface area (Å²) in [5.74, 6) is 1.19. The number of nitrogens with zero attached hydrogens (tertiary/aromatic N) is 6. The van der Waals surface area contributed by atoms with Crippen LogP contribution < -0.4 is 0 Å². The summed E-state index contributed by atoms with van der Waals surface area (Å²) in [5.41, 5.74) is 2.59. The van der Waals surface area contributed by atoms with E-state index in [1.807, 2.05) is 17.9 Å². The van der Waals surface area contributed by atoms with Crippen molar-refractivity contribution in [1.29, 1.82) is 0 Å². The van der Waals surface area contributed by atoms with E-state index in [2.05, 4.69) is 59.7 Å². The van der Waals surface area contributed by atoms with Crippen molar-refractivity contribution < 1.29 is 0 Å². The lowest BCUT2D eigenvalue weighted by atomic mass is 10.2. The van der Waals surface area contributed by atoms with Crippen molar-refractivity contribution in [3.63, 3.8) is 0 Å². The molecule has 6 nitrogen and oxygen atoms in total. The Labute approximate surface area is 138 Å². The van der Waals surface area contributed by atoms with Crippen molar-refractivity contribution in [2.75, 3.05) is 13.6 Å². The summed E-state index contributed by atoms with van der Waals surface area (Å²) in [6.07, 6.45) is 6.10. The van der Waals surface area contributed by atoms with Gasteiger partial charge in [-0.3, -0.25) is 14.5 Å². The normalized spacial score (nSPS) is 18.8. The number of hydrogen-bond donors (Lipinski definition) is 0. The molecule has 3 rings (SSSR count). The van der Waals surface area contributed by atoms with Crippen LogP contribution in [0.25, 0.3) is 0 Å². The minimum atomic E-state index is 0.335. The van der Waals surface area contributed by atoms with Crippen LogP contribution in [0.4, 0.5) is 0 Å². The maximum atomic E-state index is 4.72. The second kappa shape index (κ2) is 6.45. The van der Waals surface area contributed by atoms with E-state index in [-0.39, 0.29) is 0 Å². The molecule has 0 aromatic carbocycles. The number of aryl methyl sites for hydroxylation is 1. The molecule has 0 saturated carbocycles. The molecule has 2 aromatic rings. The van der Waals surface area contributed by atoms with Crippen LogP contribution in [-0.4, -0.2) is 48.8 Å². The SMILES string of the molecule is CC(C)N(C)Cc1cnc2n1CCN(Cc1cnn(C)c1)C2C. The van der Waals surface area contributed by atoms with E-state index in [1.165, 1.54) is 17.1 Å². The summed E-state index contributed by atoms with van der Waals surface area (Å²) >= 11 is 0. The fourth-order valence-electron chi connectivity index (χ4n) is 3.17. The molecule has 0 fully saturated rings. The van der Waals surface area contributed by atoms with E-state index < -0.39 is 0 Å². The Hall–Kier alpha value is -1.66. The van der Waals surface area contributed by atoms with Crippen molar-refractivity contribution >= 4 is 0 Å². The van der Waals surface area contributed by atoms with Gasteiger partial charge in [-0.25, -0.2) is 4.98 Å². The van der Waals surface area contributed by atoms with Crippen molar-refractivity contribution in [3.05, 3.63) is 35.7 Å². The monoisotopic (exact) mass is 316 g/mol. The topological polar surface area (TPSA) is 42.1 Å². The standard InChI is InChI=1S/C17H28N6/c1-13(2)20(4)12-16-9-18-17-14(3)22(6-7-23(16)17)11-15-8-19-21(5)10-15/h8-10,13-14H,6-7,11-12H2,1-5H3. The summed E-state index contributed by atoms with van der Waals surface area (Å²) in [5, 5.41) is 4.27. The highest BCUT2D eigenvalue weighted by molar-refractivity contribution is 5.12. The number of imidazole rings is 1. The first-order valence-electron chi connectivity index (χ1n) is 8.42. The molecule has 0 bridgehead atoms. The Kier molecular flexibility index (Phi) is 4.55. The number of rotatable bonds is 5. The van der Waals surface area contributed by atoms with Gasteiger partial charge in [-0.15, -0.1) is 0 Å². The molecule has 1 atom stereocenters. The molecule has 2 aromatic heterocycles. The van der Waals surface area contributed by atoms with Crippen LogP contribution in [0, 0.1) is 0 Å². The Morgan fingerprint density at radius 1 is 1.30 bits per heavy atom. The van der Waals surface area contributed by atoms with Gasteiger partial charge >= 0.3 is 0 Å². The van der Waals surface area contributed by atoms with Gasteiger partial charge < -0.3 is 4.57 Å². The van der Waals surface area contributed by atoms with Crippen molar-refractivity contribution in [1.82, 2.24) is 29.1 Å². The Morgan fingerprint density at radius 2 is 2.09 bits per heavy atom. The fourth-order valence-corrected chi connectivity index (χ4v) is 3.17. The van der Waals surface area contributed by atoms with Crippen LogP contribution >= 0.6 is 0 Å². The van der Waals surface area contributed by atoms with Gasteiger partial charge in [-0.2, -0.15) is 5.10 Å². The quantitative estimate of drug-likeness (QED) is 0.846. The van der Waals surface area contributed by atoms with Gasteiger partial charge in [0, 0.05) is 57.2 Å². The average molecular weight is 316 g/mol. The first kappa shape index (κ1) is 16.2. The van der Waals surface area contributed by atoms with Gasteiger partial charge in [-0.05, 0) is 27.8 Å². The van der Waals surface area contributed by atoms with Gasteiger partial charge in [0.15, 0.2) is 0 Å². The van der Waals surface area contributed by atoms with Crippen LogP contribution in [0.2, 0.25) is 0 Å². The molecule has 0 spiro atoms. The smallest absolute Gasteiger partial charge is 0.126 e. The van der Waals surface area contributed by atoms with E-state index in [0.717, 1.165) is 26.2 Å². The minimum absolute atomic E-state index is 0.335. The van der Waals surface area contributed by atoms with Crippen LogP contribution in [0.5, 0.6) is 0 Å². The predicted octanol–water partition coefficient (Wildman–Crippen LogP) is 2.03. The van der Waals surface area contributed by atoms with Gasteiger partial charge in [0.2, 0.25) is 0 Å². The lowest BCUT2D eigenvalue weighted by Gasteiger charge is -2.34. The fraction of sp³-hybridized carbons (Fsp3) is 0.647. The second-order valence-corrected chi connectivity index (χ2v) is 6.94. The van der Waals surface area contributed by atoms with Crippen LogP contribution in [0.1, 0.15) is 43.9 Å². The highest BCUT2D eigenvalue weighted by Gasteiger charge is 2.27. The maximum Gasteiger partial charge on any atom is 0.126 e. The lowest BCUT2D eigenvalue weighted by Crippen LogP contribution is -2.37. The zero-order valence-electron chi connectivity index (χ0n) is 14.9. The molecule has 0 N–H and O–H groups in total. The molecular weight excluding hydrogens is 288 g/mol. The summed E-state index contributed by atoms with van der Waals surface area (Å²) in [7, 11) is 4.14. The Bertz CT molecular complexity index is 656. The third-order valence-corrected chi connectivity index (χ3v) is 4.94. The number of aromatic nitrogens is 4. The van der Waals surface area contributed by atoms with Gasteiger partial charge in [0.25, 0.3) is 0 Å². The van der Waals surface area contributed by atoms with E-state index in [0.29, 0.717) is 12.1 Å². The van der Waals surface area contributed by atoms with Gasteiger partial charge in [0.1, 0.15) is 5.82 Å². The Balaban J connectivity index is 1.73. The highest BCUT2D eigenvalue weighted by atomic mass is 15.3. The first-order valence-corrected chi connectivity index (χ1v) is 8.42. The largest absolute Gasteiger partial charge is 0.328 e. The molecule has 1 aliphatic heterocycles. The number of fused-ring (bicyclic) bond motifs is 1. The third kappa shape index (κ3) is 3.33. The van der Waals surface area contributed by atoms with Gasteiger partial charge in [-0.1, -0.05) is 0 Å². The second-order valence-electron chi connectivity index (χ2n) is 6.94. The summed E-state index contributed by atoms with van der Waals surface area (Å²) in [6, 6.07) is 0.881. The molecule has 1 aliphatic rings. The van der Waals surface area contributed by atoms with Crippen molar-refractivity contribution in [3.8, 4) is 0 Å². The molecule has 23 heavy (non-hydrogen) atoms. The van der Waals surface area contributed by atoms with E-state index in [9.17, 15) is 0 Å². The van der Waals surface area contributed by atoms with Crippen molar-refractivity contribution in [2.24, 2.45) is 7.05 Å². The van der Waals surface area contributed by atoms with E-state index in [4.69, 9.17) is 4.98 Å². The Morgan fingerprint density at radius 3 is 2.74 bits per heavy atom. The van der Waals surface area contributed by atoms with E-state index >= 15 is 0 Å². The highest BCUT2D eigenvalue weighted by Crippen LogP contribution is 2.27. The number of hydrogen-bond acceptors (Lipinski definition) is 4. The summed E-state index contributed by atoms with van der Waals surface area (Å²) < 4.78 is 4.27. The molecule has 3 heterocycles. The molecule has 0 amide bonds. The minimum Gasteiger partial charge on any atom is -0.328 e. The molecule has 0 aliphatic carbocycles. The van der Waals surface area contributed by atoms with Crippen LogP contribution in [-0.2, 0) is 26.7 Å². The third-order valence-electron chi connectivity index (χ3n) is 4.94. The summed E-state index contributed by atoms with van der Waals surface area (Å²) in [6.45, 7) is 10.7. The molecular formula is C17H28N6. The zero-order chi connectivity index (χ0) is 16.6. The van der Waals surface area contributed by atoms with Crippen LogP contribution in [0.15, 0.2) is 18.6 Å². The molecule has 0 radical (unpaired) electrons. The molecule has 6 heteroatoms.